The lowest BCUT2D eigenvalue weighted by atomic mass is 10.2. The van der Waals surface area contributed by atoms with Gasteiger partial charge < -0.3 is 52.1 Å². The number of carbonyl (C=O) groups is 2. The number of aromatic nitrogens is 4. The van der Waals surface area contributed by atoms with Crippen molar-refractivity contribution < 1.29 is 38.7 Å². The Morgan fingerprint density at radius 3 is 1.00 bits per heavy atom. The molecule has 4 rings (SSSR count). The van der Waals surface area contributed by atoms with Crippen molar-refractivity contribution in [2.24, 2.45) is 0 Å². The van der Waals surface area contributed by atoms with Crippen LogP contribution in [-0.4, -0.2) is 70.5 Å². The first kappa shape index (κ1) is 34.0. The van der Waals surface area contributed by atoms with Crippen molar-refractivity contribution in [2.75, 3.05) is 51.4 Å². The largest absolute Gasteiger partial charge is 0.481 e. The highest BCUT2D eigenvalue weighted by molar-refractivity contribution is 5.93. The number of nitrogen functional groups attached to an aromatic ring is 4. The average Bonchev–Trinajstić information content (AvgIpc) is 2.97. The van der Waals surface area contributed by atoms with E-state index in [1.54, 1.807) is 48.5 Å². The maximum absolute atomic E-state index is 10.3. The van der Waals surface area contributed by atoms with Crippen LogP contribution in [0.1, 0.15) is 20.7 Å². The Kier molecular flexibility index (Phi) is 14.2. The second-order valence-corrected chi connectivity index (χ2v) is 7.41. The Morgan fingerprint density at radius 1 is 0.548 bits per heavy atom. The topological polar surface area (TPSA) is 267 Å². The first-order valence-electron chi connectivity index (χ1n) is 11.6. The smallest absolute Gasteiger partial charge is 0.337 e. The molecule has 0 aliphatic rings. The van der Waals surface area contributed by atoms with Gasteiger partial charge in [0.05, 0.1) is 51.7 Å². The quantitative estimate of drug-likeness (QED) is 0.177. The molecular formula is C26H32N8O8. The highest BCUT2D eigenvalue weighted by Gasteiger charge is 2.05. The van der Waals surface area contributed by atoms with Gasteiger partial charge in [-0.15, -0.1) is 0 Å². The third-order valence-electron chi connectivity index (χ3n) is 4.61. The van der Waals surface area contributed by atoms with Gasteiger partial charge in [0.25, 0.3) is 0 Å². The van der Waals surface area contributed by atoms with Crippen LogP contribution in [0, 0.1) is 0 Å². The zero-order valence-corrected chi connectivity index (χ0v) is 23.2. The Bertz CT molecular complexity index is 1300. The van der Waals surface area contributed by atoms with Crippen molar-refractivity contribution in [1.82, 2.24) is 19.9 Å². The van der Waals surface area contributed by atoms with Crippen LogP contribution in [0.5, 0.6) is 23.5 Å². The molecule has 2 aromatic carbocycles. The molecule has 0 bridgehead atoms. The fraction of sp³-hybridized carbons (Fsp3) is 0.154. The van der Waals surface area contributed by atoms with Gasteiger partial charge in [0.15, 0.2) is 0 Å². The SMILES string of the molecule is COc1cc(OC)nc(N)n1.COc1cc(OC)nc(N)n1.Nc1ccccc1C(=O)O.Nc1ccccc1C(=O)O. The van der Waals surface area contributed by atoms with Gasteiger partial charge >= 0.3 is 11.9 Å². The monoisotopic (exact) mass is 584 g/mol. The van der Waals surface area contributed by atoms with Crippen LogP contribution in [0.4, 0.5) is 23.3 Å². The molecule has 0 saturated heterocycles. The summed E-state index contributed by atoms with van der Waals surface area (Å²) in [6.07, 6.45) is 0. The summed E-state index contributed by atoms with van der Waals surface area (Å²) in [4.78, 5) is 35.7. The summed E-state index contributed by atoms with van der Waals surface area (Å²) < 4.78 is 19.3. The number of anilines is 4. The molecule has 0 unspecified atom stereocenters. The second kappa shape index (κ2) is 17.5. The summed E-state index contributed by atoms with van der Waals surface area (Å²) in [5, 5.41) is 17.0. The molecule has 2 aromatic heterocycles. The lowest BCUT2D eigenvalue weighted by molar-refractivity contribution is 0.0687. The summed E-state index contributed by atoms with van der Waals surface area (Å²) in [5.74, 6) is -0.106. The fourth-order valence-corrected chi connectivity index (χ4v) is 2.64. The van der Waals surface area contributed by atoms with Crippen molar-refractivity contribution in [2.45, 2.75) is 0 Å². The van der Waals surface area contributed by atoms with Crippen LogP contribution < -0.4 is 41.9 Å². The number of carboxylic acid groups (broad SMARTS) is 2. The number of para-hydroxylation sites is 2. The molecule has 2 heterocycles. The van der Waals surface area contributed by atoms with E-state index in [2.05, 4.69) is 19.9 Å². The van der Waals surface area contributed by atoms with E-state index in [0.29, 0.717) is 34.9 Å². The van der Waals surface area contributed by atoms with Gasteiger partial charge in [-0.3, -0.25) is 0 Å². The molecule has 42 heavy (non-hydrogen) atoms. The van der Waals surface area contributed by atoms with E-state index in [9.17, 15) is 9.59 Å². The normalized spacial score (nSPS) is 9.24. The minimum absolute atomic E-state index is 0.140. The van der Waals surface area contributed by atoms with Crippen LogP contribution in [0.3, 0.4) is 0 Å². The Morgan fingerprint density at radius 2 is 0.810 bits per heavy atom. The molecule has 0 amide bonds. The fourth-order valence-electron chi connectivity index (χ4n) is 2.64. The lowest BCUT2D eigenvalue weighted by Crippen LogP contribution is -2.00. The van der Waals surface area contributed by atoms with Crippen LogP contribution in [0.2, 0.25) is 0 Å². The first-order chi connectivity index (χ1) is 19.9. The molecular weight excluding hydrogens is 552 g/mol. The standard InChI is InChI=1S/2C7H7NO2.2C6H9N3O2/c2*8-6-4-2-1-3-5(6)7(9)10;2*1-10-4-3-5(11-2)9-6(7)8-4/h2*1-4H,8H2,(H,9,10);2*3H,1-2H3,(H2,7,8,9). The van der Waals surface area contributed by atoms with Gasteiger partial charge in [0.1, 0.15) is 0 Å². The van der Waals surface area contributed by atoms with Gasteiger partial charge in [-0.25, -0.2) is 9.59 Å². The highest BCUT2D eigenvalue weighted by atomic mass is 16.5. The lowest BCUT2D eigenvalue weighted by Gasteiger charge is -2.02. The van der Waals surface area contributed by atoms with E-state index >= 15 is 0 Å². The van der Waals surface area contributed by atoms with Crippen LogP contribution in [-0.2, 0) is 0 Å². The number of rotatable bonds is 6. The molecule has 0 atom stereocenters. The third kappa shape index (κ3) is 11.8. The average molecular weight is 585 g/mol. The minimum Gasteiger partial charge on any atom is -0.481 e. The number of hydrogen-bond acceptors (Lipinski definition) is 14. The number of hydrogen-bond donors (Lipinski definition) is 6. The molecule has 0 aliphatic heterocycles. The molecule has 0 spiro atoms. The van der Waals surface area contributed by atoms with Crippen molar-refractivity contribution in [3.8, 4) is 23.5 Å². The number of ether oxygens (including phenoxy) is 4. The van der Waals surface area contributed by atoms with Gasteiger partial charge in [-0.05, 0) is 24.3 Å². The van der Waals surface area contributed by atoms with E-state index < -0.39 is 11.9 Å². The van der Waals surface area contributed by atoms with Gasteiger partial charge in [0.2, 0.25) is 35.4 Å². The Labute approximate surface area is 240 Å². The van der Waals surface area contributed by atoms with E-state index in [4.69, 9.17) is 52.1 Å². The molecule has 0 aliphatic carbocycles. The molecule has 16 nitrogen and oxygen atoms in total. The minimum atomic E-state index is -0.988. The Hall–Kier alpha value is -6.06. The highest BCUT2D eigenvalue weighted by Crippen LogP contribution is 2.16. The van der Waals surface area contributed by atoms with Crippen LogP contribution in [0.25, 0.3) is 0 Å². The predicted octanol–water partition coefficient (Wildman–Crippen LogP) is 2.09. The third-order valence-corrected chi connectivity index (χ3v) is 4.61. The van der Waals surface area contributed by atoms with E-state index in [-0.39, 0.29) is 23.0 Å². The van der Waals surface area contributed by atoms with Crippen LogP contribution in [0.15, 0.2) is 60.7 Å². The molecule has 0 saturated carbocycles. The number of nitrogens with zero attached hydrogens (tertiary/aromatic N) is 4. The maximum atomic E-state index is 10.3. The second-order valence-electron chi connectivity index (χ2n) is 7.41. The Balaban J connectivity index is 0.000000280. The zero-order valence-electron chi connectivity index (χ0n) is 23.2. The van der Waals surface area contributed by atoms with E-state index in [0.717, 1.165) is 0 Å². The molecule has 4 aromatic rings. The predicted molar refractivity (Wildman–Crippen MR) is 155 cm³/mol. The van der Waals surface area contributed by atoms with Crippen molar-refractivity contribution in [3.05, 3.63) is 71.8 Å². The van der Waals surface area contributed by atoms with E-state index in [1.807, 2.05) is 0 Å². The number of methoxy groups -OCH3 is 4. The summed E-state index contributed by atoms with van der Waals surface area (Å²) in [7, 11) is 6.00. The first-order valence-corrected chi connectivity index (χ1v) is 11.6. The number of aromatic carboxylic acids is 2. The summed E-state index contributed by atoms with van der Waals surface area (Å²) in [6, 6.07) is 15.8. The summed E-state index contributed by atoms with van der Waals surface area (Å²) >= 11 is 0. The molecule has 224 valence electrons. The molecule has 0 radical (unpaired) electrons. The van der Waals surface area contributed by atoms with Crippen molar-refractivity contribution in [3.63, 3.8) is 0 Å². The maximum Gasteiger partial charge on any atom is 0.337 e. The number of benzene rings is 2. The van der Waals surface area contributed by atoms with Crippen LogP contribution >= 0.6 is 0 Å². The van der Waals surface area contributed by atoms with Gasteiger partial charge in [-0.1, -0.05) is 24.3 Å². The number of nitrogens with two attached hydrogens (primary N) is 4. The zero-order chi connectivity index (χ0) is 31.7. The number of carboxylic acids is 2. The van der Waals surface area contributed by atoms with Crippen molar-refractivity contribution in [1.29, 1.82) is 0 Å². The molecule has 16 heteroatoms. The summed E-state index contributed by atoms with van der Waals surface area (Å²) in [6.45, 7) is 0. The van der Waals surface area contributed by atoms with Gasteiger partial charge in [-0.2, -0.15) is 19.9 Å². The van der Waals surface area contributed by atoms with Gasteiger partial charge in [0, 0.05) is 11.4 Å². The van der Waals surface area contributed by atoms with Crippen molar-refractivity contribution >= 4 is 35.2 Å². The molecule has 0 fully saturated rings. The summed E-state index contributed by atoms with van der Waals surface area (Å²) in [5.41, 5.74) is 22.2. The van der Waals surface area contributed by atoms with E-state index in [1.165, 1.54) is 40.6 Å². The molecule has 10 N–H and O–H groups in total.